The molecule has 2 aromatic carbocycles. The van der Waals surface area contributed by atoms with Gasteiger partial charge in [0.25, 0.3) is 0 Å². The summed E-state index contributed by atoms with van der Waals surface area (Å²) in [6, 6.07) is 12.6. The Morgan fingerprint density at radius 1 is 1.15 bits per heavy atom. The molecule has 0 atom stereocenters. The van der Waals surface area contributed by atoms with Crippen molar-refractivity contribution < 1.29 is 14.1 Å². The molecule has 0 unspecified atom stereocenters. The molecule has 1 aromatic heterocycles. The first-order valence-electron chi connectivity index (χ1n) is 10.7. The number of halogens is 1. The van der Waals surface area contributed by atoms with Crippen molar-refractivity contribution in [1.82, 2.24) is 9.97 Å². The highest BCUT2D eigenvalue weighted by molar-refractivity contribution is 7.71. The summed E-state index contributed by atoms with van der Waals surface area (Å²) in [5, 5.41) is 10.1. The topological polar surface area (TPSA) is 105 Å². The number of ether oxygens (including phenoxy) is 1. The van der Waals surface area contributed by atoms with E-state index in [2.05, 4.69) is 32.5 Å². The Labute approximate surface area is 204 Å². The minimum absolute atomic E-state index is 0.254. The monoisotopic (exact) mass is 499 g/mol. The summed E-state index contributed by atoms with van der Waals surface area (Å²) < 4.78 is 18.8. The van der Waals surface area contributed by atoms with Gasteiger partial charge in [-0.2, -0.15) is 4.98 Å². The van der Waals surface area contributed by atoms with Crippen LogP contribution in [0.25, 0.3) is 0 Å². The van der Waals surface area contributed by atoms with Crippen molar-refractivity contribution in [1.29, 1.82) is 0 Å². The molecule has 0 aliphatic carbocycles. The number of rotatable bonds is 10. The molecule has 0 aliphatic heterocycles. The number of amides is 1. The van der Waals surface area contributed by atoms with E-state index in [1.54, 1.807) is 18.2 Å². The van der Waals surface area contributed by atoms with Crippen LogP contribution in [0.1, 0.15) is 13.8 Å². The maximum atomic E-state index is 13.4. The Morgan fingerprint density at radius 3 is 2.56 bits per heavy atom. The Hall–Kier alpha value is -3.35. The molecule has 0 bridgehead atoms. The summed E-state index contributed by atoms with van der Waals surface area (Å²) in [6.07, 6.45) is 3.78. The molecule has 8 nitrogen and oxygen atoms in total. The van der Waals surface area contributed by atoms with Crippen molar-refractivity contribution in [2.75, 3.05) is 35.4 Å². The fraction of sp³-hybridized carbons (Fsp3) is 0.208. The van der Waals surface area contributed by atoms with Gasteiger partial charge in [0.15, 0.2) is 5.82 Å². The maximum Gasteiger partial charge on any atom is 0.247 e. The fourth-order valence-corrected chi connectivity index (χ4v) is 5.53. The minimum atomic E-state index is -2.54. The number of methoxy groups -OCH3 is 1. The van der Waals surface area contributed by atoms with Gasteiger partial charge >= 0.3 is 0 Å². The largest absolute Gasteiger partial charge is 0.495 e. The summed E-state index contributed by atoms with van der Waals surface area (Å²) in [7, 11) is -1.01. The Morgan fingerprint density at radius 2 is 1.88 bits per heavy atom. The van der Waals surface area contributed by atoms with Gasteiger partial charge in [-0.05, 0) is 36.4 Å². The van der Waals surface area contributed by atoms with Crippen molar-refractivity contribution >= 4 is 58.8 Å². The first-order chi connectivity index (χ1) is 16.3. The zero-order chi connectivity index (χ0) is 24.7. The molecule has 0 aliphatic rings. The van der Waals surface area contributed by atoms with E-state index in [-0.39, 0.29) is 11.9 Å². The Balaban J connectivity index is 1.93. The molecule has 0 spiro atoms. The van der Waals surface area contributed by atoms with E-state index >= 15 is 0 Å². The van der Waals surface area contributed by atoms with E-state index in [9.17, 15) is 9.36 Å². The molecule has 0 saturated carbocycles. The summed E-state index contributed by atoms with van der Waals surface area (Å²) in [5.41, 5.74) is 1.77. The molecular formula is C24H27ClN5O3P. The quantitative estimate of drug-likeness (QED) is 0.240. The van der Waals surface area contributed by atoms with Crippen LogP contribution in [0.2, 0.25) is 5.02 Å². The van der Waals surface area contributed by atoms with Crippen LogP contribution in [-0.4, -0.2) is 35.3 Å². The van der Waals surface area contributed by atoms with Crippen molar-refractivity contribution in [2.24, 2.45) is 0 Å². The molecule has 3 rings (SSSR count). The summed E-state index contributed by atoms with van der Waals surface area (Å²) >= 11 is 6.37. The smallest absolute Gasteiger partial charge is 0.247 e. The first-order valence-corrected chi connectivity index (χ1v) is 13.1. The third kappa shape index (κ3) is 5.76. The molecule has 34 heavy (non-hydrogen) atoms. The summed E-state index contributed by atoms with van der Waals surface area (Å²) in [5.74, 6) is 0.812. The van der Waals surface area contributed by atoms with E-state index in [1.165, 1.54) is 19.4 Å². The molecule has 3 aromatic rings. The number of anilines is 5. The highest BCUT2D eigenvalue weighted by atomic mass is 35.5. The number of aromatic nitrogens is 2. The highest BCUT2D eigenvalue weighted by Crippen LogP contribution is 2.46. The number of carbonyl (C=O) groups is 1. The minimum Gasteiger partial charge on any atom is -0.495 e. The van der Waals surface area contributed by atoms with Crippen LogP contribution in [0.3, 0.4) is 0 Å². The van der Waals surface area contributed by atoms with Crippen LogP contribution in [0.15, 0.2) is 61.3 Å². The highest BCUT2D eigenvalue weighted by Gasteiger charge is 2.23. The average Bonchev–Trinajstić information content (AvgIpc) is 2.86. The van der Waals surface area contributed by atoms with Gasteiger partial charge in [-0.15, -0.1) is 0 Å². The number of benzene rings is 2. The van der Waals surface area contributed by atoms with Crippen molar-refractivity contribution in [2.45, 2.75) is 13.8 Å². The lowest BCUT2D eigenvalue weighted by Gasteiger charge is -2.20. The molecule has 10 heteroatoms. The van der Waals surface area contributed by atoms with Gasteiger partial charge in [0.1, 0.15) is 17.9 Å². The normalized spacial score (nSPS) is 10.9. The lowest BCUT2D eigenvalue weighted by molar-refractivity contribution is -0.111. The second-order valence-electron chi connectivity index (χ2n) is 7.29. The molecule has 178 valence electrons. The molecule has 0 fully saturated rings. The third-order valence-corrected chi connectivity index (χ3v) is 8.85. The van der Waals surface area contributed by atoms with Gasteiger partial charge in [0, 0.05) is 23.3 Å². The third-order valence-electron chi connectivity index (χ3n) is 5.26. The van der Waals surface area contributed by atoms with E-state index in [0.29, 0.717) is 46.0 Å². The second kappa shape index (κ2) is 11.2. The molecule has 1 heterocycles. The zero-order valence-corrected chi connectivity index (χ0v) is 20.9. The van der Waals surface area contributed by atoms with Crippen LogP contribution in [0, 0.1) is 0 Å². The summed E-state index contributed by atoms with van der Waals surface area (Å²) in [6.45, 7) is 7.32. The lowest BCUT2D eigenvalue weighted by Crippen LogP contribution is -2.14. The van der Waals surface area contributed by atoms with Gasteiger partial charge in [0.05, 0.1) is 24.7 Å². The van der Waals surface area contributed by atoms with E-state index < -0.39 is 7.14 Å². The number of nitrogens with zero attached hydrogens (tertiary/aromatic N) is 2. The average molecular weight is 500 g/mol. The summed E-state index contributed by atoms with van der Waals surface area (Å²) in [4.78, 5) is 20.4. The van der Waals surface area contributed by atoms with E-state index in [4.69, 9.17) is 16.3 Å². The van der Waals surface area contributed by atoms with E-state index in [0.717, 1.165) is 5.30 Å². The van der Waals surface area contributed by atoms with Crippen LogP contribution < -0.4 is 26.0 Å². The van der Waals surface area contributed by atoms with E-state index in [1.807, 2.05) is 38.1 Å². The Bertz CT molecular complexity index is 1240. The number of nitrogens with one attached hydrogen (secondary N) is 3. The predicted octanol–water partition coefficient (Wildman–Crippen LogP) is 5.78. The maximum absolute atomic E-state index is 13.4. The van der Waals surface area contributed by atoms with Crippen LogP contribution >= 0.6 is 18.7 Å². The van der Waals surface area contributed by atoms with Gasteiger partial charge < -0.3 is 25.3 Å². The molecule has 3 N–H and O–H groups in total. The Kier molecular flexibility index (Phi) is 8.31. The number of hydrogen-bond acceptors (Lipinski definition) is 7. The van der Waals surface area contributed by atoms with Crippen molar-refractivity contribution in [3.8, 4) is 5.75 Å². The standard InChI is InChI=1S/C24H27ClN5O3P/c1-5-22(31)27-16-12-13-20(33-4)19(14-16)29-24-26-15-17(25)23(30-24)28-18-10-8-9-11-21(18)34(32,6-2)7-3/h5,8-15H,1,6-7H2,2-4H3,(H,27,31)(H2,26,28,29,30). The van der Waals surface area contributed by atoms with Crippen LogP contribution in [0.4, 0.5) is 28.8 Å². The number of para-hydroxylation sites is 1. The molecular weight excluding hydrogens is 473 g/mol. The SMILES string of the molecule is C=CC(=O)Nc1ccc(OC)c(Nc2ncc(Cl)c(Nc3ccccc3P(=O)(CC)CC)n2)c1. The first kappa shape index (κ1) is 25.3. The molecule has 0 saturated heterocycles. The van der Waals surface area contributed by atoms with Gasteiger partial charge in [-0.1, -0.05) is 44.2 Å². The second-order valence-corrected chi connectivity index (χ2v) is 11.2. The van der Waals surface area contributed by atoms with Crippen LogP contribution in [0.5, 0.6) is 5.75 Å². The van der Waals surface area contributed by atoms with Crippen molar-refractivity contribution in [3.63, 3.8) is 0 Å². The zero-order valence-electron chi connectivity index (χ0n) is 19.3. The van der Waals surface area contributed by atoms with Gasteiger partial charge in [0.2, 0.25) is 11.9 Å². The van der Waals surface area contributed by atoms with Gasteiger partial charge in [-0.3, -0.25) is 4.79 Å². The predicted molar refractivity (Wildman–Crippen MR) is 140 cm³/mol. The fourth-order valence-electron chi connectivity index (χ4n) is 3.34. The molecule has 0 radical (unpaired) electrons. The molecule has 1 amide bonds. The van der Waals surface area contributed by atoms with Gasteiger partial charge in [-0.25, -0.2) is 4.98 Å². The number of carbonyl (C=O) groups excluding carboxylic acids is 1. The van der Waals surface area contributed by atoms with Crippen molar-refractivity contribution in [3.05, 3.63) is 66.3 Å². The lowest BCUT2D eigenvalue weighted by atomic mass is 10.2. The van der Waals surface area contributed by atoms with Crippen LogP contribution in [-0.2, 0) is 9.36 Å². The number of hydrogen-bond donors (Lipinski definition) is 3.